The summed E-state index contributed by atoms with van der Waals surface area (Å²) < 4.78 is 2.60. The van der Waals surface area contributed by atoms with Crippen molar-refractivity contribution in [3.63, 3.8) is 0 Å². The molecule has 0 spiro atoms. The van der Waals surface area contributed by atoms with Gasteiger partial charge in [0.25, 0.3) is 0 Å². The molecule has 0 aliphatic heterocycles. The van der Waals surface area contributed by atoms with Gasteiger partial charge in [-0.15, -0.1) is 10.2 Å². The molecular formula is C14H17N7S. The summed E-state index contributed by atoms with van der Waals surface area (Å²) in [5.74, 6) is 1.88. The first-order chi connectivity index (χ1) is 10.6. The van der Waals surface area contributed by atoms with E-state index in [-0.39, 0.29) is 0 Å². The second-order valence-electron chi connectivity index (χ2n) is 5.46. The molecule has 8 heteroatoms. The summed E-state index contributed by atoms with van der Waals surface area (Å²) in [6, 6.07) is 9.76. The van der Waals surface area contributed by atoms with Gasteiger partial charge in [-0.1, -0.05) is 44.2 Å². The van der Waals surface area contributed by atoms with E-state index in [1.165, 1.54) is 4.80 Å². The molecular weight excluding hydrogens is 298 g/mol. The van der Waals surface area contributed by atoms with Crippen LogP contribution in [-0.2, 0) is 13.1 Å². The highest BCUT2D eigenvalue weighted by Crippen LogP contribution is 2.12. The molecule has 0 saturated heterocycles. The molecule has 114 valence electrons. The number of nitrogens with zero attached hydrogens (tertiary/aromatic N) is 6. The molecule has 0 amide bonds. The SMILES string of the molecule is CC(C)Cn1c(Cn2nnc(-c3ccccc3)n2)n[nH]c1=S. The predicted octanol–water partition coefficient (Wildman–Crippen LogP) is 2.30. The monoisotopic (exact) mass is 315 g/mol. The van der Waals surface area contributed by atoms with Crippen LogP contribution >= 0.6 is 12.2 Å². The van der Waals surface area contributed by atoms with Crippen LogP contribution in [0.1, 0.15) is 19.7 Å². The van der Waals surface area contributed by atoms with Gasteiger partial charge in [-0.25, -0.2) is 0 Å². The van der Waals surface area contributed by atoms with Gasteiger partial charge >= 0.3 is 0 Å². The second-order valence-corrected chi connectivity index (χ2v) is 5.85. The topological polar surface area (TPSA) is 77.2 Å². The summed E-state index contributed by atoms with van der Waals surface area (Å²) in [6.45, 7) is 5.52. The van der Waals surface area contributed by atoms with Crippen LogP contribution in [0, 0.1) is 10.7 Å². The van der Waals surface area contributed by atoms with Crippen molar-refractivity contribution in [1.29, 1.82) is 0 Å². The largest absolute Gasteiger partial charge is 0.302 e. The van der Waals surface area contributed by atoms with E-state index in [1.807, 2.05) is 34.9 Å². The Morgan fingerprint density at radius 1 is 1.23 bits per heavy atom. The first-order valence-corrected chi connectivity index (χ1v) is 7.51. The van der Waals surface area contributed by atoms with Crippen LogP contribution in [0.2, 0.25) is 0 Å². The zero-order valence-corrected chi connectivity index (χ0v) is 13.3. The average molecular weight is 315 g/mol. The van der Waals surface area contributed by atoms with Gasteiger partial charge in [0.15, 0.2) is 10.6 Å². The van der Waals surface area contributed by atoms with Crippen LogP contribution in [0.4, 0.5) is 0 Å². The lowest BCUT2D eigenvalue weighted by Crippen LogP contribution is -2.13. The fourth-order valence-electron chi connectivity index (χ4n) is 2.16. The lowest BCUT2D eigenvalue weighted by molar-refractivity contribution is 0.475. The number of aromatic amines is 1. The second kappa shape index (κ2) is 6.18. The summed E-state index contributed by atoms with van der Waals surface area (Å²) in [7, 11) is 0. The van der Waals surface area contributed by atoms with Crippen molar-refractivity contribution in [2.75, 3.05) is 0 Å². The molecule has 1 N–H and O–H groups in total. The maximum absolute atomic E-state index is 5.27. The molecule has 0 aliphatic rings. The molecule has 0 radical (unpaired) electrons. The van der Waals surface area contributed by atoms with Crippen LogP contribution in [0.15, 0.2) is 30.3 Å². The Morgan fingerprint density at radius 3 is 2.73 bits per heavy atom. The van der Waals surface area contributed by atoms with E-state index in [4.69, 9.17) is 12.2 Å². The molecule has 0 aliphatic carbocycles. The highest BCUT2D eigenvalue weighted by molar-refractivity contribution is 7.71. The van der Waals surface area contributed by atoms with Crippen LogP contribution < -0.4 is 0 Å². The molecule has 0 unspecified atom stereocenters. The third-order valence-corrected chi connectivity index (χ3v) is 3.46. The molecule has 3 aromatic rings. The standard InChI is InChI=1S/C14H17N7S/c1-10(2)8-20-12(15-17-14(20)22)9-21-18-13(16-19-21)11-6-4-3-5-7-11/h3-7,10H,8-9H2,1-2H3,(H,17,22). The smallest absolute Gasteiger partial charge is 0.204 e. The van der Waals surface area contributed by atoms with Crippen LogP contribution in [-0.4, -0.2) is 35.0 Å². The Hall–Kier alpha value is -2.35. The molecule has 0 saturated carbocycles. The highest BCUT2D eigenvalue weighted by atomic mass is 32.1. The van der Waals surface area contributed by atoms with E-state index in [2.05, 4.69) is 39.5 Å². The van der Waals surface area contributed by atoms with E-state index >= 15 is 0 Å². The Morgan fingerprint density at radius 2 is 2.00 bits per heavy atom. The molecule has 2 aromatic heterocycles. The zero-order valence-electron chi connectivity index (χ0n) is 12.5. The average Bonchev–Trinajstić information content (AvgIpc) is 3.10. The summed E-state index contributed by atoms with van der Waals surface area (Å²) in [4.78, 5) is 1.53. The van der Waals surface area contributed by atoms with Gasteiger partial charge in [-0.2, -0.15) is 9.90 Å². The third-order valence-electron chi connectivity index (χ3n) is 3.15. The van der Waals surface area contributed by atoms with Crippen molar-refractivity contribution in [2.24, 2.45) is 5.92 Å². The summed E-state index contributed by atoms with van der Waals surface area (Å²) in [5.41, 5.74) is 0.940. The molecule has 0 fully saturated rings. The number of hydrogen-bond acceptors (Lipinski definition) is 5. The van der Waals surface area contributed by atoms with Crippen LogP contribution in [0.3, 0.4) is 0 Å². The Balaban J connectivity index is 1.83. The number of tetrazole rings is 1. The summed E-state index contributed by atoms with van der Waals surface area (Å²) >= 11 is 5.27. The van der Waals surface area contributed by atoms with Crippen molar-refractivity contribution in [3.8, 4) is 11.4 Å². The molecule has 2 heterocycles. The van der Waals surface area contributed by atoms with E-state index in [0.717, 1.165) is 17.9 Å². The molecule has 0 bridgehead atoms. The molecule has 22 heavy (non-hydrogen) atoms. The quantitative estimate of drug-likeness (QED) is 0.731. The molecule has 1 aromatic carbocycles. The number of hydrogen-bond donors (Lipinski definition) is 1. The zero-order chi connectivity index (χ0) is 15.5. The van der Waals surface area contributed by atoms with Crippen molar-refractivity contribution in [3.05, 3.63) is 40.9 Å². The fourth-order valence-corrected chi connectivity index (χ4v) is 2.39. The van der Waals surface area contributed by atoms with Crippen molar-refractivity contribution >= 4 is 12.2 Å². The maximum Gasteiger partial charge on any atom is 0.204 e. The van der Waals surface area contributed by atoms with Crippen molar-refractivity contribution < 1.29 is 0 Å². The minimum Gasteiger partial charge on any atom is -0.302 e. The van der Waals surface area contributed by atoms with Crippen molar-refractivity contribution in [1.82, 2.24) is 35.0 Å². The van der Waals surface area contributed by atoms with E-state index < -0.39 is 0 Å². The Kier molecular flexibility index (Phi) is 4.10. The minimum atomic E-state index is 0.430. The lowest BCUT2D eigenvalue weighted by atomic mass is 10.2. The lowest BCUT2D eigenvalue weighted by Gasteiger charge is -2.08. The summed E-state index contributed by atoms with van der Waals surface area (Å²) in [6.07, 6.45) is 0. The number of benzene rings is 1. The highest BCUT2D eigenvalue weighted by Gasteiger charge is 2.11. The number of H-pyrrole nitrogens is 1. The minimum absolute atomic E-state index is 0.430. The molecule has 0 atom stereocenters. The first-order valence-electron chi connectivity index (χ1n) is 7.11. The van der Waals surface area contributed by atoms with Gasteiger partial charge in [-0.3, -0.25) is 5.10 Å². The van der Waals surface area contributed by atoms with Gasteiger partial charge in [0.05, 0.1) is 0 Å². The Labute approximate surface area is 133 Å². The van der Waals surface area contributed by atoms with Gasteiger partial charge in [-0.05, 0) is 23.3 Å². The number of nitrogens with one attached hydrogen (secondary N) is 1. The van der Waals surface area contributed by atoms with Gasteiger partial charge < -0.3 is 4.57 Å². The molecule has 7 nitrogen and oxygen atoms in total. The van der Waals surface area contributed by atoms with Crippen molar-refractivity contribution in [2.45, 2.75) is 26.9 Å². The predicted molar refractivity (Wildman–Crippen MR) is 84.6 cm³/mol. The number of rotatable bonds is 5. The van der Waals surface area contributed by atoms with E-state index in [1.54, 1.807) is 0 Å². The van der Waals surface area contributed by atoms with Crippen LogP contribution in [0.5, 0.6) is 0 Å². The first kappa shape index (κ1) is 14.6. The fraction of sp³-hybridized carbons (Fsp3) is 0.357. The number of aromatic nitrogens is 7. The van der Waals surface area contributed by atoms with Gasteiger partial charge in [0.1, 0.15) is 6.54 Å². The van der Waals surface area contributed by atoms with Gasteiger partial charge in [0, 0.05) is 12.1 Å². The van der Waals surface area contributed by atoms with E-state index in [9.17, 15) is 0 Å². The normalized spacial score (nSPS) is 11.2. The Bertz CT molecular complexity index is 800. The molecule has 3 rings (SSSR count). The van der Waals surface area contributed by atoms with Gasteiger partial charge in [0.2, 0.25) is 5.82 Å². The van der Waals surface area contributed by atoms with Crippen LogP contribution in [0.25, 0.3) is 11.4 Å². The summed E-state index contributed by atoms with van der Waals surface area (Å²) in [5, 5.41) is 19.7. The third kappa shape index (κ3) is 3.11. The van der Waals surface area contributed by atoms with E-state index in [0.29, 0.717) is 23.1 Å². The maximum atomic E-state index is 5.27.